The Bertz CT molecular complexity index is 950. The van der Waals surface area contributed by atoms with Crippen molar-refractivity contribution in [3.8, 4) is 11.5 Å². The number of carbonyl (C=O) groups is 2. The molecule has 0 aliphatic carbocycles. The smallest absolute Gasteiger partial charge is 0.507 e. The fourth-order valence-electron chi connectivity index (χ4n) is 3.93. The van der Waals surface area contributed by atoms with E-state index < -0.39 is 11.9 Å². The summed E-state index contributed by atoms with van der Waals surface area (Å²) in [6, 6.07) is 6.70. The molecule has 0 aliphatic rings. The number of phenols is 2. The number of rotatable bonds is 13. The van der Waals surface area contributed by atoms with Crippen molar-refractivity contribution in [2.75, 3.05) is 26.2 Å². The molecule has 2 aromatic rings. The van der Waals surface area contributed by atoms with Crippen molar-refractivity contribution in [1.29, 1.82) is 0 Å². The molecule has 0 spiro atoms. The minimum absolute atomic E-state index is 0. The number of benzene rings is 2. The first-order valence-corrected chi connectivity index (χ1v) is 10.8. The molecule has 6 N–H and O–H groups in total. The molecule has 0 heterocycles. The number of aromatic hydroxyl groups is 2. The number of hydrogen-bond acceptors (Lipinski definition) is 8. The van der Waals surface area contributed by atoms with Crippen molar-refractivity contribution < 1.29 is 57.3 Å². The summed E-state index contributed by atoms with van der Waals surface area (Å²) in [4.78, 5) is 26.0. The van der Waals surface area contributed by atoms with Crippen LogP contribution in [0.1, 0.15) is 33.4 Å². The van der Waals surface area contributed by atoms with E-state index in [0.29, 0.717) is 22.3 Å². The quantitative estimate of drug-likeness (QED) is 0.207. The van der Waals surface area contributed by atoms with Crippen molar-refractivity contribution in [2.24, 2.45) is 0 Å². The molecule has 0 unspecified atom stereocenters. The fraction of sp³-hybridized carbons (Fsp3) is 0.417. The molecule has 0 aromatic heterocycles. The van der Waals surface area contributed by atoms with Gasteiger partial charge in [-0.1, -0.05) is 35.4 Å². The summed E-state index contributed by atoms with van der Waals surface area (Å²) in [5, 5.41) is 58.5. The number of aryl methyl sites for hydroxylation is 2. The van der Waals surface area contributed by atoms with Crippen LogP contribution < -0.4 is 0 Å². The molecule has 0 saturated heterocycles. The molecular formula is C24H32FeN2O8+2. The third-order valence-electron chi connectivity index (χ3n) is 5.40. The van der Waals surface area contributed by atoms with Gasteiger partial charge < -0.3 is 30.6 Å². The Hall–Kier alpha value is -2.66. The zero-order chi connectivity index (χ0) is 25.4. The number of aliphatic hydroxyl groups excluding tert-OH is 2. The molecule has 0 aliphatic heterocycles. The van der Waals surface area contributed by atoms with Crippen LogP contribution in [0.4, 0.5) is 0 Å². The van der Waals surface area contributed by atoms with Gasteiger partial charge in [0, 0.05) is 48.4 Å². The van der Waals surface area contributed by atoms with Crippen molar-refractivity contribution in [3.63, 3.8) is 0 Å². The van der Waals surface area contributed by atoms with Crippen LogP contribution in [0.3, 0.4) is 0 Å². The Morgan fingerprint density at radius 3 is 1.29 bits per heavy atom. The van der Waals surface area contributed by atoms with E-state index in [1.807, 2.05) is 0 Å². The maximum absolute atomic E-state index is 11.4. The van der Waals surface area contributed by atoms with Gasteiger partial charge >= 0.3 is 29.0 Å². The van der Waals surface area contributed by atoms with Crippen LogP contribution >= 0.6 is 0 Å². The van der Waals surface area contributed by atoms with Crippen LogP contribution in [-0.2, 0) is 53.0 Å². The molecule has 2 rings (SSSR count). The van der Waals surface area contributed by atoms with E-state index in [-0.39, 0.29) is 81.1 Å². The molecule has 2 aromatic carbocycles. The first-order chi connectivity index (χ1) is 16.0. The fourth-order valence-corrected chi connectivity index (χ4v) is 3.93. The topological polar surface area (TPSA) is 162 Å². The maximum atomic E-state index is 11.4. The van der Waals surface area contributed by atoms with E-state index in [1.165, 1.54) is 0 Å². The average molecular weight is 532 g/mol. The third kappa shape index (κ3) is 9.14. The Balaban J connectivity index is 0.00000612. The maximum Gasteiger partial charge on any atom is 2.00 e. The second kappa shape index (κ2) is 14.0. The largest absolute Gasteiger partial charge is 2.00 e. The molecule has 0 bridgehead atoms. The Labute approximate surface area is 214 Å². The van der Waals surface area contributed by atoms with E-state index in [9.17, 15) is 40.2 Å². The predicted octanol–water partition coefficient (Wildman–Crippen LogP) is 1.17. The van der Waals surface area contributed by atoms with Gasteiger partial charge in [0.05, 0.1) is 26.3 Å². The molecule has 11 heteroatoms. The van der Waals surface area contributed by atoms with E-state index >= 15 is 0 Å². The van der Waals surface area contributed by atoms with Gasteiger partial charge in [0.1, 0.15) is 11.5 Å². The van der Waals surface area contributed by atoms with Crippen LogP contribution in [0, 0.1) is 13.8 Å². The van der Waals surface area contributed by atoms with Gasteiger partial charge in [-0.3, -0.25) is 19.4 Å². The summed E-state index contributed by atoms with van der Waals surface area (Å²) in [5.74, 6) is -2.37. The average Bonchev–Trinajstić information content (AvgIpc) is 2.75. The summed E-state index contributed by atoms with van der Waals surface area (Å²) in [5.41, 5.74) is 3.20. The molecule has 0 saturated carbocycles. The van der Waals surface area contributed by atoms with E-state index in [4.69, 9.17) is 0 Å². The zero-order valence-corrected chi connectivity index (χ0v) is 20.8. The SMILES string of the molecule is Cc1cc(CO)c(O)c(CN(CCN(CC(=O)O)Cc2cc(C)cc(CO)c2O)CC(=O)O)c1.[Fe+2]. The van der Waals surface area contributed by atoms with Crippen LogP contribution in [0.2, 0.25) is 0 Å². The summed E-state index contributed by atoms with van der Waals surface area (Å²) in [6.45, 7) is 2.70. The molecular weight excluding hydrogens is 500 g/mol. The number of aliphatic hydroxyl groups is 2. The second-order valence-corrected chi connectivity index (χ2v) is 8.39. The summed E-state index contributed by atoms with van der Waals surface area (Å²) >= 11 is 0. The molecule has 0 radical (unpaired) electrons. The summed E-state index contributed by atoms with van der Waals surface area (Å²) < 4.78 is 0. The van der Waals surface area contributed by atoms with E-state index in [0.717, 1.165) is 11.1 Å². The molecule has 0 fully saturated rings. The molecule has 0 amide bonds. The van der Waals surface area contributed by atoms with Gasteiger partial charge in [0.15, 0.2) is 0 Å². The number of carboxylic acids is 2. The van der Waals surface area contributed by atoms with Gasteiger partial charge in [-0.2, -0.15) is 0 Å². The molecule has 35 heavy (non-hydrogen) atoms. The number of aliphatic carboxylic acids is 2. The normalized spacial score (nSPS) is 11.0. The third-order valence-corrected chi connectivity index (χ3v) is 5.40. The Morgan fingerprint density at radius 2 is 1.00 bits per heavy atom. The molecule has 192 valence electrons. The molecule has 0 atom stereocenters. The van der Waals surface area contributed by atoms with Gasteiger partial charge in [0.2, 0.25) is 0 Å². The van der Waals surface area contributed by atoms with Crippen LogP contribution in [0.15, 0.2) is 24.3 Å². The van der Waals surface area contributed by atoms with Gasteiger partial charge in [0.25, 0.3) is 0 Å². The van der Waals surface area contributed by atoms with Gasteiger partial charge in [-0.05, 0) is 13.8 Å². The standard InChI is InChI=1S/C24H32N2O8.Fe/c1-15-5-17(23(33)19(7-15)13-27)9-25(11-21(29)30)3-4-26(12-22(31)32)10-18-6-16(2)8-20(14-28)24(18)34;/h5-8,27-28,33-34H,3-4,9-14H2,1-2H3,(H,29,30)(H,31,32);/q;+2. The van der Waals surface area contributed by atoms with Gasteiger partial charge in [-0.25, -0.2) is 0 Å². The van der Waals surface area contributed by atoms with Gasteiger partial charge in [-0.15, -0.1) is 0 Å². The Morgan fingerprint density at radius 1 is 0.686 bits per heavy atom. The van der Waals surface area contributed by atoms with Crippen molar-refractivity contribution in [3.05, 3.63) is 57.6 Å². The van der Waals surface area contributed by atoms with Crippen LogP contribution in [0.25, 0.3) is 0 Å². The summed E-state index contributed by atoms with van der Waals surface area (Å²) in [7, 11) is 0. The molecule has 10 nitrogen and oxygen atoms in total. The minimum atomic E-state index is -1.08. The number of nitrogens with zero attached hydrogens (tertiary/aromatic N) is 2. The van der Waals surface area contributed by atoms with E-state index in [2.05, 4.69) is 0 Å². The number of hydrogen-bond donors (Lipinski definition) is 6. The zero-order valence-electron chi connectivity index (χ0n) is 19.7. The van der Waals surface area contributed by atoms with Crippen molar-refractivity contribution >= 4 is 11.9 Å². The number of carboxylic acid groups (broad SMARTS) is 2. The van der Waals surface area contributed by atoms with Crippen LogP contribution in [-0.4, -0.2) is 78.6 Å². The summed E-state index contributed by atoms with van der Waals surface area (Å²) in [6.07, 6.45) is 0. The first-order valence-electron chi connectivity index (χ1n) is 10.8. The Kier molecular flexibility index (Phi) is 12.2. The van der Waals surface area contributed by atoms with Crippen molar-refractivity contribution in [1.82, 2.24) is 9.80 Å². The first kappa shape index (κ1) is 30.4. The second-order valence-electron chi connectivity index (χ2n) is 8.39. The van der Waals surface area contributed by atoms with E-state index in [1.54, 1.807) is 47.9 Å². The monoisotopic (exact) mass is 532 g/mol. The van der Waals surface area contributed by atoms with Crippen molar-refractivity contribution in [2.45, 2.75) is 40.2 Å². The van der Waals surface area contributed by atoms with Crippen LogP contribution in [0.5, 0.6) is 11.5 Å². The predicted molar refractivity (Wildman–Crippen MR) is 123 cm³/mol. The minimum Gasteiger partial charge on any atom is -0.507 e.